The third-order valence-electron chi connectivity index (χ3n) is 3.07. The Kier molecular flexibility index (Phi) is 4.71. The van der Waals surface area contributed by atoms with Crippen molar-refractivity contribution in [3.8, 4) is 5.75 Å². The third-order valence-corrected chi connectivity index (χ3v) is 3.93. The Bertz CT molecular complexity index is 477. The molecule has 0 spiro atoms. The van der Waals surface area contributed by atoms with E-state index in [0.717, 1.165) is 4.47 Å². The number of carbonyl (C=O) groups excluding carboxylic acids is 1. The van der Waals surface area contributed by atoms with Gasteiger partial charge < -0.3 is 14.7 Å². The molecule has 104 valence electrons. The third kappa shape index (κ3) is 3.41. The van der Waals surface area contributed by atoms with E-state index in [1.807, 2.05) is 0 Å². The fraction of sp³-hybridized carbons (Fsp3) is 0.462. The molecule has 1 fully saturated rings. The first kappa shape index (κ1) is 14.6. The van der Waals surface area contributed by atoms with Gasteiger partial charge in [0.1, 0.15) is 5.75 Å². The van der Waals surface area contributed by atoms with Crippen molar-refractivity contribution in [2.24, 2.45) is 5.92 Å². The molecule has 1 saturated heterocycles. The number of hydrogen-bond acceptors (Lipinski definition) is 3. The van der Waals surface area contributed by atoms with E-state index in [9.17, 15) is 4.79 Å². The fourth-order valence-electron chi connectivity index (χ4n) is 1.93. The first-order valence-corrected chi connectivity index (χ1v) is 7.19. The molecule has 1 unspecified atom stereocenters. The lowest BCUT2D eigenvalue weighted by Gasteiger charge is -2.39. The number of hydrogen-bond donors (Lipinski definition) is 1. The van der Waals surface area contributed by atoms with E-state index in [4.69, 9.17) is 21.4 Å². The van der Waals surface area contributed by atoms with Crippen LogP contribution in [-0.2, 0) is 4.79 Å². The van der Waals surface area contributed by atoms with Gasteiger partial charge in [-0.25, -0.2) is 0 Å². The number of halogens is 2. The van der Waals surface area contributed by atoms with Crippen molar-refractivity contribution in [3.63, 3.8) is 0 Å². The van der Waals surface area contributed by atoms with Crippen molar-refractivity contribution in [3.05, 3.63) is 27.7 Å². The van der Waals surface area contributed by atoms with Crippen LogP contribution in [0.15, 0.2) is 22.7 Å². The van der Waals surface area contributed by atoms with Gasteiger partial charge in [-0.1, -0.05) is 11.6 Å². The van der Waals surface area contributed by atoms with Gasteiger partial charge in [-0.05, 0) is 41.1 Å². The molecule has 4 nitrogen and oxygen atoms in total. The van der Waals surface area contributed by atoms with E-state index in [1.54, 1.807) is 30.0 Å². The van der Waals surface area contributed by atoms with E-state index in [2.05, 4.69) is 15.9 Å². The number of benzene rings is 1. The summed E-state index contributed by atoms with van der Waals surface area (Å²) in [5, 5.41) is 9.54. The smallest absolute Gasteiger partial charge is 0.263 e. The molecule has 1 aliphatic heterocycles. The monoisotopic (exact) mass is 347 g/mol. The molecule has 6 heteroatoms. The summed E-state index contributed by atoms with van der Waals surface area (Å²) < 4.78 is 6.35. The number of aliphatic hydroxyl groups excluding tert-OH is 1. The van der Waals surface area contributed by atoms with Crippen LogP contribution in [0.4, 0.5) is 0 Å². The first-order valence-electron chi connectivity index (χ1n) is 6.02. The summed E-state index contributed by atoms with van der Waals surface area (Å²) in [6.45, 7) is 3.05. The average molecular weight is 349 g/mol. The van der Waals surface area contributed by atoms with Crippen LogP contribution in [-0.4, -0.2) is 41.7 Å². The predicted molar refractivity (Wildman–Crippen MR) is 76.4 cm³/mol. The van der Waals surface area contributed by atoms with E-state index >= 15 is 0 Å². The maximum Gasteiger partial charge on any atom is 0.263 e. The molecule has 1 aliphatic rings. The molecule has 1 N–H and O–H groups in total. The zero-order valence-electron chi connectivity index (χ0n) is 10.5. The number of likely N-dealkylation sites (tertiary alicyclic amines) is 1. The van der Waals surface area contributed by atoms with Crippen LogP contribution in [0.25, 0.3) is 0 Å². The predicted octanol–water partition coefficient (Wildman–Crippen LogP) is 2.32. The van der Waals surface area contributed by atoms with Crippen LogP contribution in [0.1, 0.15) is 6.92 Å². The number of carbonyl (C=O) groups is 1. The number of amides is 1. The van der Waals surface area contributed by atoms with Crippen molar-refractivity contribution in [1.82, 2.24) is 4.90 Å². The highest BCUT2D eigenvalue weighted by Crippen LogP contribution is 2.29. The van der Waals surface area contributed by atoms with Crippen molar-refractivity contribution in [2.45, 2.75) is 13.0 Å². The van der Waals surface area contributed by atoms with Gasteiger partial charge in [0.2, 0.25) is 0 Å². The molecular formula is C13H15BrClNO3. The van der Waals surface area contributed by atoms with Crippen molar-refractivity contribution in [1.29, 1.82) is 0 Å². The second kappa shape index (κ2) is 6.11. The maximum absolute atomic E-state index is 12.0. The molecule has 1 heterocycles. The highest BCUT2D eigenvalue weighted by atomic mass is 79.9. The Balaban J connectivity index is 1.93. The Morgan fingerprint density at radius 2 is 2.32 bits per heavy atom. The van der Waals surface area contributed by atoms with E-state index in [1.165, 1.54) is 0 Å². The highest BCUT2D eigenvalue weighted by molar-refractivity contribution is 9.10. The van der Waals surface area contributed by atoms with E-state index in [-0.39, 0.29) is 18.4 Å². The fourth-order valence-corrected chi connectivity index (χ4v) is 2.71. The summed E-state index contributed by atoms with van der Waals surface area (Å²) in [5.74, 6) is 0.731. The van der Waals surface area contributed by atoms with Gasteiger partial charge in [-0.2, -0.15) is 0 Å². The number of rotatable bonds is 4. The van der Waals surface area contributed by atoms with Gasteiger partial charge in [0.25, 0.3) is 5.91 Å². The summed E-state index contributed by atoms with van der Waals surface area (Å²) in [7, 11) is 0. The molecule has 0 aliphatic carbocycles. The van der Waals surface area contributed by atoms with Gasteiger partial charge in [0.15, 0.2) is 6.10 Å². The molecular weight excluding hydrogens is 334 g/mol. The highest BCUT2D eigenvalue weighted by Gasteiger charge is 2.33. The van der Waals surface area contributed by atoms with E-state index < -0.39 is 6.10 Å². The summed E-state index contributed by atoms with van der Waals surface area (Å²) in [4.78, 5) is 13.7. The van der Waals surface area contributed by atoms with Crippen LogP contribution >= 0.6 is 27.5 Å². The van der Waals surface area contributed by atoms with Crippen LogP contribution in [0, 0.1) is 5.92 Å². The lowest BCUT2D eigenvalue weighted by atomic mass is 10.0. The molecule has 19 heavy (non-hydrogen) atoms. The summed E-state index contributed by atoms with van der Waals surface area (Å²) in [6.07, 6.45) is -0.558. The molecule has 1 amide bonds. The van der Waals surface area contributed by atoms with Gasteiger partial charge in [-0.3, -0.25) is 4.79 Å². The molecule has 0 bridgehead atoms. The lowest BCUT2D eigenvalue weighted by molar-refractivity contribution is -0.145. The molecule has 2 rings (SSSR count). The maximum atomic E-state index is 12.0. The zero-order valence-corrected chi connectivity index (χ0v) is 12.8. The summed E-state index contributed by atoms with van der Waals surface area (Å²) in [5.41, 5.74) is 0. The molecule has 0 radical (unpaired) electrons. The molecule has 0 saturated carbocycles. The number of nitrogens with zero attached hydrogens (tertiary/aromatic N) is 1. The second-order valence-electron chi connectivity index (χ2n) is 4.63. The normalized spacial score (nSPS) is 16.9. The zero-order chi connectivity index (χ0) is 14.0. The Labute approximate surface area is 125 Å². The second-order valence-corrected chi connectivity index (χ2v) is 5.92. The average Bonchev–Trinajstić information content (AvgIpc) is 2.31. The number of ether oxygens (including phenoxy) is 1. The molecule has 0 aromatic heterocycles. The molecule has 1 atom stereocenters. The summed E-state index contributed by atoms with van der Waals surface area (Å²) >= 11 is 9.19. The Morgan fingerprint density at radius 3 is 2.89 bits per heavy atom. The largest absolute Gasteiger partial charge is 0.480 e. The van der Waals surface area contributed by atoms with Crippen LogP contribution < -0.4 is 4.74 Å². The van der Waals surface area contributed by atoms with Gasteiger partial charge in [-0.15, -0.1) is 0 Å². The minimum absolute atomic E-state index is 0.0634. The van der Waals surface area contributed by atoms with Gasteiger partial charge >= 0.3 is 0 Å². The van der Waals surface area contributed by atoms with Gasteiger partial charge in [0.05, 0.1) is 4.47 Å². The van der Waals surface area contributed by atoms with Gasteiger partial charge in [0, 0.05) is 30.6 Å². The number of aliphatic hydroxyl groups is 1. The molecule has 1 aromatic rings. The summed E-state index contributed by atoms with van der Waals surface area (Å²) in [6, 6.07) is 5.16. The van der Waals surface area contributed by atoms with Crippen molar-refractivity contribution < 1.29 is 14.6 Å². The van der Waals surface area contributed by atoms with Crippen molar-refractivity contribution in [2.75, 3.05) is 19.7 Å². The lowest BCUT2D eigenvalue weighted by Crippen LogP contribution is -2.54. The van der Waals surface area contributed by atoms with Crippen LogP contribution in [0.5, 0.6) is 5.75 Å². The minimum atomic E-state index is -0.558. The minimum Gasteiger partial charge on any atom is -0.480 e. The van der Waals surface area contributed by atoms with Crippen LogP contribution in [0.3, 0.4) is 0 Å². The first-order chi connectivity index (χ1) is 9.01. The Hall–Kier alpha value is -0.780. The van der Waals surface area contributed by atoms with E-state index in [0.29, 0.717) is 23.9 Å². The Morgan fingerprint density at radius 1 is 1.63 bits per heavy atom. The van der Waals surface area contributed by atoms with Crippen LogP contribution in [0.2, 0.25) is 5.02 Å². The SMILES string of the molecule is CC(Oc1ccc(Cl)cc1Br)C(=O)N1CC(CO)C1. The molecule has 1 aromatic carbocycles. The quantitative estimate of drug-likeness (QED) is 0.908. The topological polar surface area (TPSA) is 49.8 Å². The van der Waals surface area contributed by atoms with Crippen molar-refractivity contribution >= 4 is 33.4 Å². The standard InChI is InChI=1S/C13H15BrClNO3/c1-8(13(18)16-5-9(6-16)7-17)19-12-3-2-10(15)4-11(12)14/h2-4,8-9,17H,5-7H2,1H3.